The standard InChI is InChI=1S/C18H17N3O3/c1-2-18(14-9-4-3-5-10-14)16(23)21(17(24)20-18)19-12-13-8-6-7-11-15(13)22/h3-12,22H,2H2,1H3,(H,20,24)/b19-12+/t18-/m0/s1. The van der Waals surface area contributed by atoms with Crippen molar-refractivity contribution in [3.63, 3.8) is 0 Å². The number of para-hydroxylation sites is 1. The number of urea groups is 1. The first kappa shape index (κ1) is 15.7. The molecule has 0 aliphatic carbocycles. The molecule has 1 aliphatic heterocycles. The molecular weight excluding hydrogens is 306 g/mol. The molecule has 0 spiro atoms. The number of hydrazone groups is 1. The summed E-state index contributed by atoms with van der Waals surface area (Å²) in [5, 5.41) is 17.3. The van der Waals surface area contributed by atoms with Crippen molar-refractivity contribution >= 4 is 18.2 Å². The monoisotopic (exact) mass is 323 g/mol. The molecular formula is C18H17N3O3. The zero-order valence-corrected chi connectivity index (χ0v) is 13.1. The van der Waals surface area contributed by atoms with Crippen molar-refractivity contribution in [3.05, 3.63) is 65.7 Å². The summed E-state index contributed by atoms with van der Waals surface area (Å²) < 4.78 is 0. The molecule has 3 rings (SSSR count). The summed E-state index contributed by atoms with van der Waals surface area (Å²) in [6, 6.07) is 15.1. The van der Waals surface area contributed by atoms with Crippen LogP contribution in [0.4, 0.5) is 4.79 Å². The fraction of sp³-hybridized carbons (Fsp3) is 0.167. The number of nitrogens with zero attached hydrogens (tertiary/aromatic N) is 2. The highest BCUT2D eigenvalue weighted by atomic mass is 16.3. The molecule has 0 radical (unpaired) electrons. The molecule has 6 nitrogen and oxygen atoms in total. The maximum Gasteiger partial charge on any atom is 0.346 e. The normalized spacial score (nSPS) is 20.6. The Kier molecular flexibility index (Phi) is 4.04. The molecule has 3 amide bonds. The Bertz CT molecular complexity index is 804. The smallest absolute Gasteiger partial charge is 0.346 e. The molecule has 2 aromatic carbocycles. The number of carbonyl (C=O) groups excluding carboxylic acids is 2. The van der Waals surface area contributed by atoms with Gasteiger partial charge in [0.2, 0.25) is 0 Å². The van der Waals surface area contributed by atoms with Crippen molar-refractivity contribution in [1.29, 1.82) is 0 Å². The quantitative estimate of drug-likeness (QED) is 0.670. The Hall–Kier alpha value is -3.15. The number of hydrogen-bond acceptors (Lipinski definition) is 4. The molecule has 0 aromatic heterocycles. The van der Waals surface area contributed by atoms with E-state index in [1.165, 1.54) is 12.3 Å². The number of carbonyl (C=O) groups is 2. The van der Waals surface area contributed by atoms with Crippen LogP contribution in [0.15, 0.2) is 59.7 Å². The molecule has 0 saturated carbocycles. The van der Waals surface area contributed by atoms with Crippen LogP contribution in [0.3, 0.4) is 0 Å². The van der Waals surface area contributed by atoms with E-state index in [1.807, 2.05) is 25.1 Å². The van der Waals surface area contributed by atoms with E-state index in [4.69, 9.17) is 0 Å². The van der Waals surface area contributed by atoms with Crippen LogP contribution in [0, 0.1) is 0 Å². The van der Waals surface area contributed by atoms with E-state index in [-0.39, 0.29) is 5.75 Å². The van der Waals surface area contributed by atoms with Crippen molar-refractivity contribution in [2.75, 3.05) is 0 Å². The van der Waals surface area contributed by atoms with E-state index in [9.17, 15) is 14.7 Å². The maximum absolute atomic E-state index is 12.8. The third kappa shape index (κ3) is 2.52. The molecule has 0 unspecified atom stereocenters. The maximum atomic E-state index is 12.8. The van der Waals surface area contributed by atoms with Gasteiger partial charge in [-0.05, 0) is 24.1 Å². The third-order valence-electron chi connectivity index (χ3n) is 4.12. The van der Waals surface area contributed by atoms with Gasteiger partial charge in [0.15, 0.2) is 0 Å². The molecule has 1 heterocycles. The highest BCUT2D eigenvalue weighted by Gasteiger charge is 2.51. The van der Waals surface area contributed by atoms with E-state index in [0.717, 1.165) is 5.01 Å². The number of phenols is 1. The van der Waals surface area contributed by atoms with Crippen LogP contribution >= 0.6 is 0 Å². The highest BCUT2D eigenvalue weighted by Crippen LogP contribution is 2.32. The minimum absolute atomic E-state index is 0.0260. The second kappa shape index (κ2) is 6.16. The predicted octanol–water partition coefficient (Wildman–Crippen LogP) is 2.58. The number of hydrogen-bond donors (Lipinski definition) is 2. The third-order valence-corrected chi connectivity index (χ3v) is 4.12. The van der Waals surface area contributed by atoms with E-state index >= 15 is 0 Å². The minimum Gasteiger partial charge on any atom is -0.507 e. The van der Waals surface area contributed by atoms with E-state index in [0.29, 0.717) is 17.5 Å². The van der Waals surface area contributed by atoms with Crippen LogP contribution < -0.4 is 5.32 Å². The lowest BCUT2D eigenvalue weighted by atomic mass is 9.87. The second-order valence-corrected chi connectivity index (χ2v) is 5.48. The molecule has 122 valence electrons. The lowest BCUT2D eigenvalue weighted by Gasteiger charge is -2.24. The number of phenolic OH excluding ortho intramolecular Hbond substituents is 1. The Labute approximate surface area is 139 Å². The van der Waals surface area contributed by atoms with Crippen molar-refractivity contribution < 1.29 is 14.7 Å². The Morgan fingerprint density at radius 2 is 1.79 bits per heavy atom. The SMILES string of the molecule is CC[C@@]1(c2ccccc2)NC(=O)N(/N=C/c2ccccc2O)C1=O. The van der Waals surface area contributed by atoms with Gasteiger partial charge < -0.3 is 10.4 Å². The molecule has 6 heteroatoms. The lowest BCUT2D eigenvalue weighted by Crippen LogP contribution is -2.43. The number of benzene rings is 2. The minimum atomic E-state index is -1.12. The molecule has 0 bridgehead atoms. The summed E-state index contributed by atoms with van der Waals surface area (Å²) in [5.41, 5.74) is 0.0203. The van der Waals surface area contributed by atoms with Crippen LogP contribution in [0.2, 0.25) is 0 Å². The Morgan fingerprint density at radius 3 is 2.46 bits per heavy atom. The summed E-state index contributed by atoms with van der Waals surface area (Å²) >= 11 is 0. The molecule has 2 aromatic rings. The molecule has 2 N–H and O–H groups in total. The summed E-state index contributed by atoms with van der Waals surface area (Å²) in [6.07, 6.45) is 1.70. The summed E-state index contributed by atoms with van der Waals surface area (Å²) in [4.78, 5) is 25.1. The van der Waals surface area contributed by atoms with Gasteiger partial charge in [0.1, 0.15) is 11.3 Å². The van der Waals surface area contributed by atoms with E-state index < -0.39 is 17.5 Å². The first-order chi connectivity index (χ1) is 11.6. The average molecular weight is 323 g/mol. The Balaban J connectivity index is 1.93. The van der Waals surface area contributed by atoms with Gasteiger partial charge in [-0.15, -0.1) is 5.01 Å². The van der Waals surface area contributed by atoms with Crippen LogP contribution in [-0.4, -0.2) is 28.3 Å². The highest BCUT2D eigenvalue weighted by molar-refractivity contribution is 6.07. The zero-order chi connectivity index (χ0) is 17.2. The van der Waals surface area contributed by atoms with E-state index in [1.54, 1.807) is 30.3 Å². The van der Waals surface area contributed by atoms with Gasteiger partial charge in [0.05, 0.1) is 6.21 Å². The fourth-order valence-electron chi connectivity index (χ4n) is 2.75. The summed E-state index contributed by atoms with van der Waals surface area (Å²) in [6.45, 7) is 1.83. The van der Waals surface area contributed by atoms with Gasteiger partial charge in [0, 0.05) is 5.56 Å². The van der Waals surface area contributed by atoms with Crippen LogP contribution in [0.5, 0.6) is 5.75 Å². The van der Waals surface area contributed by atoms with Gasteiger partial charge in [-0.25, -0.2) is 4.79 Å². The van der Waals surface area contributed by atoms with Gasteiger partial charge in [-0.1, -0.05) is 49.4 Å². The zero-order valence-electron chi connectivity index (χ0n) is 13.1. The van der Waals surface area contributed by atoms with Crippen molar-refractivity contribution in [2.45, 2.75) is 18.9 Å². The first-order valence-electron chi connectivity index (χ1n) is 7.62. The average Bonchev–Trinajstić information content (AvgIpc) is 2.86. The Morgan fingerprint density at radius 1 is 1.12 bits per heavy atom. The predicted molar refractivity (Wildman–Crippen MR) is 89.5 cm³/mol. The summed E-state index contributed by atoms with van der Waals surface area (Å²) in [7, 11) is 0. The summed E-state index contributed by atoms with van der Waals surface area (Å²) in [5.74, 6) is -0.411. The van der Waals surface area contributed by atoms with Gasteiger partial charge in [-0.3, -0.25) is 4.79 Å². The van der Waals surface area contributed by atoms with Gasteiger partial charge in [-0.2, -0.15) is 5.10 Å². The molecule has 24 heavy (non-hydrogen) atoms. The number of amides is 3. The molecule has 1 saturated heterocycles. The number of imide groups is 1. The van der Waals surface area contributed by atoms with Crippen LogP contribution in [0.1, 0.15) is 24.5 Å². The largest absolute Gasteiger partial charge is 0.507 e. The number of rotatable bonds is 4. The van der Waals surface area contributed by atoms with E-state index in [2.05, 4.69) is 10.4 Å². The van der Waals surface area contributed by atoms with Crippen LogP contribution in [0.25, 0.3) is 0 Å². The molecule has 1 atom stereocenters. The molecule has 1 aliphatic rings. The number of nitrogens with one attached hydrogen (secondary N) is 1. The van der Waals surface area contributed by atoms with Crippen molar-refractivity contribution in [1.82, 2.24) is 10.3 Å². The second-order valence-electron chi connectivity index (χ2n) is 5.48. The fourth-order valence-corrected chi connectivity index (χ4v) is 2.75. The number of aromatic hydroxyl groups is 1. The van der Waals surface area contributed by atoms with Crippen molar-refractivity contribution in [2.24, 2.45) is 5.10 Å². The van der Waals surface area contributed by atoms with Crippen LogP contribution in [-0.2, 0) is 10.3 Å². The van der Waals surface area contributed by atoms with Crippen molar-refractivity contribution in [3.8, 4) is 5.75 Å². The topological polar surface area (TPSA) is 82.0 Å². The van der Waals surface area contributed by atoms with Gasteiger partial charge >= 0.3 is 6.03 Å². The lowest BCUT2D eigenvalue weighted by molar-refractivity contribution is -0.131. The first-order valence-corrected chi connectivity index (χ1v) is 7.62. The van der Waals surface area contributed by atoms with Gasteiger partial charge in [0.25, 0.3) is 5.91 Å². The molecule has 1 fully saturated rings.